The van der Waals surface area contributed by atoms with Gasteiger partial charge in [0.25, 0.3) is 0 Å². The number of alkyl halides is 2. The van der Waals surface area contributed by atoms with Crippen molar-refractivity contribution in [2.75, 3.05) is 5.73 Å². The van der Waals surface area contributed by atoms with E-state index in [2.05, 4.69) is 0 Å². The highest BCUT2D eigenvalue weighted by atomic mass is 19.3. The molecule has 0 radical (unpaired) electrons. The Morgan fingerprint density at radius 2 is 1.80 bits per heavy atom. The van der Waals surface area contributed by atoms with Crippen LogP contribution in [0.2, 0.25) is 0 Å². The van der Waals surface area contributed by atoms with Crippen molar-refractivity contribution in [3.8, 4) is 0 Å². The Labute approximate surface area is 88.3 Å². The zero-order valence-electron chi connectivity index (χ0n) is 8.50. The normalized spacial score (nSPS) is 26.1. The third-order valence-electron chi connectivity index (χ3n) is 3.26. The molecular formula is C12H15F2N. The fraction of sp³-hybridized carbons (Fsp3) is 0.500. The maximum atomic E-state index is 12.7. The first kappa shape index (κ1) is 10.4. The van der Waals surface area contributed by atoms with Crippen LogP contribution in [0.4, 0.5) is 14.5 Å². The van der Waals surface area contributed by atoms with Crippen LogP contribution in [0.25, 0.3) is 0 Å². The second kappa shape index (κ2) is 4.17. The quantitative estimate of drug-likeness (QED) is 0.745. The molecule has 3 heteroatoms. The lowest BCUT2D eigenvalue weighted by Crippen LogP contribution is -2.14. The van der Waals surface area contributed by atoms with Crippen LogP contribution in [0.3, 0.4) is 0 Å². The minimum atomic E-state index is -2.20. The predicted molar refractivity (Wildman–Crippen MR) is 56.9 cm³/mol. The van der Waals surface area contributed by atoms with Gasteiger partial charge in [0.15, 0.2) is 0 Å². The molecule has 1 saturated carbocycles. The van der Waals surface area contributed by atoms with E-state index in [9.17, 15) is 8.78 Å². The predicted octanol–water partition coefficient (Wildman–Crippen LogP) is 3.42. The molecule has 1 aromatic rings. The molecule has 1 aromatic carbocycles. The van der Waals surface area contributed by atoms with E-state index in [4.69, 9.17) is 5.73 Å². The molecule has 0 amide bonds. The molecule has 1 aliphatic carbocycles. The SMILES string of the molecule is Nc1ccc(C2CCCC2C(F)F)cc1. The highest BCUT2D eigenvalue weighted by Crippen LogP contribution is 2.42. The molecule has 0 saturated heterocycles. The monoisotopic (exact) mass is 211 g/mol. The topological polar surface area (TPSA) is 26.0 Å². The third kappa shape index (κ3) is 2.11. The number of hydrogen-bond donors (Lipinski definition) is 1. The summed E-state index contributed by atoms with van der Waals surface area (Å²) in [5.74, 6) is -0.445. The van der Waals surface area contributed by atoms with Gasteiger partial charge in [-0.05, 0) is 36.5 Å². The van der Waals surface area contributed by atoms with Crippen LogP contribution in [-0.4, -0.2) is 6.43 Å². The van der Waals surface area contributed by atoms with Crippen molar-refractivity contribution in [2.24, 2.45) is 5.92 Å². The lowest BCUT2D eigenvalue weighted by molar-refractivity contribution is 0.0717. The average Bonchev–Trinajstić information content (AvgIpc) is 2.67. The molecule has 2 rings (SSSR count). The molecule has 0 spiro atoms. The van der Waals surface area contributed by atoms with Gasteiger partial charge in [0.1, 0.15) is 0 Å². The molecular weight excluding hydrogens is 196 g/mol. The molecule has 0 aliphatic heterocycles. The molecule has 82 valence electrons. The molecule has 15 heavy (non-hydrogen) atoms. The summed E-state index contributed by atoms with van der Waals surface area (Å²) in [7, 11) is 0. The van der Waals surface area contributed by atoms with Crippen molar-refractivity contribution >= 4 is 5.69 Å². The Kier molecular flexibility index (Phi) is 2.89. The van der Waals surface area contributed by atoms with Crippen LogP contribution in [-0.2, 0) is 0 Å². The number of benzene rings is 1. The molecule has 0 aromatic heterocycles. The van der Waals surface area contributed by atoms with Gasteiger partial charge in [-0.25, -0.2) is 8.78 Å². The molecule has 2 N–H and O–H groups in total. The van der Waals surface area contributed by atoms with Crippen LogP contribution in [0.15, 0.2) is 24.3 Å². The van der Waals surface area contributed by atoms with Gasteiger partial charge in [-0.1, -0.05) is 18.6 Å². The summed E-state index contributed by atoms with van der Waals surface area (Å²) in [6, 6.07) is 7.33. The maximum Gasteiger partial charge on any atom is 0.242 e. The summed E-state index contributed by atoms with van der Waals surface area (Å²) in [6.45, 7) is 0. The number of hydrogen-bond acceptors (Lipinski definition) is 1. The second-order valence-corrected chi connectivity index (χ2v) is 4.20. The fourth-order valence-corrected chi connectivity index (χ4v) is 2.45. The lowest BCUT2D eigenvalue weighted by Gasteiger charge is -2.19. The van der Waals surface area contributed by atoms with Gasteiger partial charge in [-0.2, -0.15) is 0 Å². The van der Waals surface area contributed by atoms with Crippen molar-refractivity contribution in [1.82, 2.24) is 0 Å². The molecule has 0 heterocycles. The number of anilines is 1. The third-order valence-corrected chi connectivity index (χ3v) is 3.26. The van der Waals surface area contributed by atoms with Crippen LogP contribution in [0, 0.1) is 5.92 Å². The number of rotatable bonds is 2. The summed E-state index contributed by atoms with van der Waals surface area (Å²) in [5, 5.41) is 0. The maximum absolute atomic E-state index is 12.7. The molecule has 1 fully saturated rings. The van der Waals surface area contributed by atoms with Gasteiger partial charge in [-0.15, -0.1) is 0 Å². The first-order valence-electron chi connectivity index (χ1n) is 5.32. The molecule has 2 unspecified atom stereocenters. The average molecular weight is 211 g/mol. The second-order valence-electron chi connectivity index (χ2n) is 4.20. The van der Waals surface area contributed by atoms with E-state index < -0.39 is 12.3 Å². The van der Waals surface area contributed by atoms with Crippen LogP contribution >= 0.6 is 0 Å². The largest absolute Gasteiger partial charge is 0.399 e. The van der Waals surface area contributed by atoms with Crippen molar-refractivity contribution in [2.45, 2.75) is 31.6 Å². The Hall–Kier alpha value is -1.12. The van der Waals surface area contributed by atoms with E-state index in [1.54, 1.807) is 12.1 Å². The molecule has 1 aliphatic rings. The van der Waals surface area contributed by atoms with Crippen molar-refractivity contribution < 1.29 is 8.78 Å². The van der Waals surface area contributed by atoms with Gasteiger partial charge in [0, 0.05) is 11.6 Å². The van der Waals surface area contributed by atoms with Gasteiger partial charge in [0.2, 0.25) is 6.43 Å². The summed E-state index contributed by atoms with van der Waals surface area (Å²) in [4.78, 5) is 0. The molecule has 2 atom stereocenters. The molecule has 1 nitrogen and oxygen atoms in total. The van der Waals surface area contributed by atoms with Crippen molar-refractivity contribution in [3.63, 3.8) is 0 Å². The Morgan fingerprint density at radius 1 is 1.13 bits per heavy atom. The number of nitrogen functional groups attached to an aromatic ring is 1. The summed E-state index contributed by atoms with van der Waals surface area (Å²) in [5.41, 5.74) is 7.26. The Morgan fingerprint density at radius 3 is 2.40 bits per heavy atom. The fourth-order valence-electron chi connectivity index (χ4n) is 2.45. The van der Waals surface area contributed by atoms with E-state index in [0.717, 1.165) is 18.4 Å². The summed E-state index contributed by atoms with van der Waals surface area (Å²) in [6.07, 6.45) is 0.227. The van der Waals surface area contributed by atoms with E-state index in [-0.39, 0.29) is 5.92 Å². The minimum Gasteiger partial charge on any atom is -0.399 e. The zero-order chi connectivity index (χ0) is 10.8. The summed E-state index contributed by atoms with van der Waals surface area (Å²) < 4.78 is 25.5. The van der Waals surface area contributed by atoms with Crippen LogP contribution in [0.1, 0.15) is 30.7 Å². The van der Waals surface area contributed by atoms with Crippen LogP contribution < -0.4 is 5.73 Å². The van der Waals surface area contributed by atoms with E-state index in [1.165, 1.54) is 0 Å². The van der Waals surface area contributed by atoms with Crippen LogP contribution in [0.5, 0.6) is 0 Å². The minimum absolute atomic E-state index is 0.0191. The number of halogens is 2. The van der Waals surface area contributed by atoms with E-state index in [1.807, 2.05) is 12.1 Å². The van der Waals surface area contributed by atoms with Gasteiger partial charge < -0.3 is 5.73 Å². The first-order valence-corrected chi connectivity index (χ1v) is 5.32. The number of nitrogens with two attached hydrogens (primary N) is 1. The van der Waals surface area contributed by atoms with Gasteiger partial charge >= 0.3 is 0 Å². The van der Waals surface area contributed by atoms with E-state index in [0.29, 0.717) is 12.1 Å². The van der Waals surface area contributed by atoms with Gasteiger partial charge in [-0.3, -0.25) is 0 Å². The standard InChI is InChI=1S/C12H15F2N/c13-12(14)11-3-1-2-10(11)8-4-6-9(15)7-5-8/h4-7,10-12H,1-3,15H2. The van der Waals surface area contributed by atoms with Gasteiger partial charge in [0.05, 0.1) is 0 Å². The summed E-state index contributed by atoms with van der Waals surface area (Å²) >= 11 is 0. The van der Waals surface area contributed by atoms with Crippen molar-refractivity contribution in [3.05, 3.63) is 29.8 Å². The lowest BCUT2D eigenvalue weighted by atomic mass is 9.89. The smallest absolute Gasteiger partial charge is 0.242 e. The van der Waals surface area contributed by atoms with Crippen molar-refractivity contribution in [1.29, 1.82) is 0 Å². The zero-order valence-corrected chi connectivity index (χ0v) is 8.50. The first-order chi connectivity index (χ1) is 7.18. The highest BCUT2D eigenvalue weighted by Gasteiger charge is 2.34. The van der Waals surface area contributed by atoms with E-state index >= 15 is 0 Å². The highest BCUT2D eigenvalue weighted by molar-refractivity contribution is 5.40. The molecule has 0 bridgehead atoms. The Balaban J connectivity index is 2.19. The Bertz CT molecular complexity index is 321.